The molecule has 0 atom stereocenters. The first-order valence-electron chi connectivity index (χ1n) is 12.5. The van der Waals surface area contributed by atoms with Crippen LogP contribution in [0, 0.1) is 12.7 Å². The Hall–Kier alpha value is -5.25. The van der Waals surface area contributed by atoms with Crippen molar-refractivity contribution in [2.24, 2.45) is 0 Å². The molecule has 10 heteroatoms. The van der Waals surface area contributed by atoms with Gasteiger partial charge in [-0.05, 0) is 67.6 Å². The Morgan fingerprint density at radius 2 is 1.70 bits per heavy atom. The number of carbonyl (C=O) groups is 4. The minimum absolute atomic E-state index is 0.142. The molecule has 1 aliphatic heterocycles. The van der Waals surface area contributed by atoms with Gasteiger partial charge in [0.1, 0.15) is 23.7 Å². The molecule has 4 aromatic rings. The third kappa shape index (κ3) is 5.19. The minimum atomic E-state index is -0.903. The highest BCUT2D eigenvalue weighted by atomic mass is 19.1. The van der Waals surface area contributed by atoms with Crippen molar-refractivity contribution in [2.75, 3.05) is 16.8 Å². The zero-order valence-electron chi connectivity index (χ0n) is 21.7. The zero-order valence-corrected chi connectivity index (χ0v) is 21.7. The number of barbiturate groups is 1. The summed E-state index contributed by atoms with van der Waals surface area (Å²) in [4.78, 5) is 50.6. The van der Waals surface area contributed by atoms with E-state index >= 15 is 0 Å². The fourth-order valence-corrected chi connectivity index (χ4v) is 4.65. The molecule has 0 spiro atoms. The van der Waals surface area contributed by atoms with Gasteiger partial charge in [0.15, 0.2) is 0 Å². The van der Waals surface area contributed by atoms with Crippen molar-refractivity contribution < 1.29 is 28.3 Å². The van der Waals surface area contributed by atoms with Gasteiger partial charge in [0.05, 0.1) is 12.2 Å². The number of benzene rings is 3. The molecule has 0 saturated carbocycles. The largest absolute Gasteiger partial charge is 0.492 e. The summed E-state index contributed by atoms with van der Waals surface area (Å²) in [5.41, 5.74) is 2.93. The molecule has 2 N–H and O–H groups in total. The molecular formula is C30H25FN4O5. The normalized spacial score (nSPS) is 14.5. The molecule has 0 radical (unpaired) electrons. The molecule has 40 heavy (non-hydrogen) atoms. The maximum atomic E-state index is 13.4. The van der Waals surface area contributed by atoms with Crippen LogP contribution in [-0.4, -0.2) is 34.9 Å². The second-order valence-corrected chi connectivity index (χ2v) is 9.16. The Labute approximate surface area is 228 Å². The number of rotatable bonds is 7. The van der Waals surface area contributed by atoms with Crippen molar-refractivity contribution >= 4 is 52.1 Å². The van der Waals surface area contributed by atoms with Crippen LogP contribution in [0.4, 0.5) is 20.6 Å². The number of amides is 5. The number of urea groups is 1. The summed E-state index contributed by atoms with van der Waals surface area (Å²) < 4.78 is 21.4. The fraction of sp³-hybridized carbons (Fsp3) is 0.133. The van der Waals surface area contributed by atoms with Gasteiger partial charge >= 0.3 is 6.03 Å². The van der Waals surface area contributed by atoms with E-state index < -0.39 is 23.7 Å². The Balaban J connectivity index is 1.42. The number of aromatic nitrogens is 1. The van der Waals surface area contributed by atoms with Gasteiger partial charge in [-0.15, -0.1) is 0 Å². The molecular weight excluding hydrogens is 515 g/mol. The first-order valence-corrected chi connectivity index (χ1v) is 12.5. The maximum absolute atomic E-state index is 13.4. The van der Waals surface area contributed by atoms with Crippen LogP contribution >= 0.6 is 0 Å². The topological polar surface area (TPSA) is 110 Å². The van der Waals surface area contributed by atoms with Gasteiger partial charge in [-0.2, -0.15) is 0 Å². The van der Waals surface area contributed by atoms with E-state index in [4.69, 9.17) is 4.74 Å². The van der Waals surface area contributed by atoms with E-state index in [9.17, 15) is 23.6 Å². The molecule has 202 valence electrons. The summed E-state index contributed by atoms with van der Waals surface area (Å²) in [6, 6.07) is 18.6. The van der Waals surface area contributed by atoms with E-state index in [0.29, 0.717) is 30.2 Å². The van der Waals surface area contributed by atoms with Crippen molar-refractivity contribution in [3.63, 3.8) is 0 Å². The summed E-state index contributed by atoms with van der Waals surface area (Å²) in [5.74, 6) is -1.65. The number of halogens is 1. The van der Waals surface area contributed by atoms with Gasteiger partial charge in [0.25, 0.3) is 11.8 Å². The minimum Gasteiger partial charge on any atom is -0.492 e. The number of hydrogen-bond acceptors (Lipinski definition) is 5. The highest BCUT2D eigenvalue weighted by molar-refractivity contribution is 6.39. The van der Waals surface area contributed by atoms with Crippen molar-refractivity contribution in [1.29, 1.82) is 0 Å². The average molecular weight is 541 g/mol. The molecule has 5 amide bonds. The second-order valence-electron chi connectivity index (χ2n) is 9.16. The van der Waals surface area contributed by atoms with Crippen LogP contribution in [0.1, 0.15) is 18.2 Å². The molecule has 9 nitrogen and oxygen atoms in total. The maximum Gasteiger partial charge on any atom is 0.335 e. The lowest BCUT2D eigenvalue weighted by Gasteiger charge is -2.26. The monoisotopic (exact) mass is 540 g/mol. The first kappa shape index (κ1) is 26.4. The third-order valence-electron chi connectivity index (χ3n) is 6.51. The van der Waals surface area contributed by atoms with Crippen molar-refractivity contribution in [3.8, 4) is 5.75 Å². The van der Waals surface area contributed by atoms with Gasteiger partial charge in [0, 0.05) is 34.8 Å². The van der Waals surface area contributed by atoms with Crippen LogP contribution in [0.2, 0.25) is 0 Å². The molecule has 0 aliphatic carbocycles. The third-order valence-corrected chi connectivity index (χ3v) is 6.51. The van der Waals surface area contributed by atoms with Crippen molar-refractivity contribution in [1.82, 2.24) is 9.88 Å². The summed E-state index contributed by atoms with van der Waals surface area (Å²) in [5, 5.41) is 5.72. The number of carbonyl (C=O) groups excluding carboxylic acids is 4. The number of ether oxygens (including phenoxy) is 1. The van der Waals surface area contributed by atoms with Crippen LogP contribution in [0.15, 0.2) is 78.4 Å². The molecule has 5 rings (SSSR count). The fourth-order valence-electron chi connectivity index (χ4n) is 4.65. The van der Waals surface area contributed by atoms with E-state index in [0.717, 1.165) is 33.6 Å². The van der Waals surface area contributed by atoms with Crippen molar-refractivity contribution in [2.45, 2.75) is 20.4 Å². The Kier molecular flexibility index (Phi) is 7.15. The lowest BCUT2D eigenvalue weighted by atomic mass is 10.0. The summed E-state index contributed by atoms with van der Waals surface area (Å²) in [6.07, 6.45) is 1.48. The summed E-state index contributed by atoms with van der Waals surface area (Å²) in [6.45, 7) is 4.13. The Bertz CT molecular complexity index is 1670. The lowest BCUT2D eigenvalue weighted by Crippen LogP contribution is -2.54. The molecule has 1 saturated heterocycles. The van der Waals surface area contributed by atoms with Gasteiger partial charge in [-0.25, -0.2) is 14.1 Å². The molecule has 2 heterocycles. The highest BCUT2D eigenvalue weighted by Gasteiger charge is 2.37. The second kappa shape index (κ2) is 10.9. The first-order chi connectivity index (χ1) is 19.2. The molecule has 1 fully saturated rings. The molecule has 0 unspecified atom stereocenters. The number of para-hydroxylation sites is 1. The number of nitrogens with one attached hydrogen (secondary N) is 2. The number of hydrogen-bond donors (Lipinski definition) is 2. The zero-order chi connectivity index (χ0) is 28.4. The van der Waals surface area contributed by atoms with Crippen LogP contribution in [0.3, 0.4) is 0 Å². The average Bonchev–Trinajstić information content (AvgIpc) is 3.18. The smallest absolute Gasteiger partial charge is 0.335 e. The highest BCUT2D eigenvalue weighted by Crippen LogP contribution is 2.30. The standard InChI is InChI=1S/C30H25FN4O5/c1-18-25(17-26-28(37)33-30(39)35(29(26)38)22-11-7-20(31)8-12-22)24-5-3-4-6-27(24)34(18)15-16-40-23-13-9-21(10-14-23)32-19(2)36/h3-14,17H,15-16H2,1-2H3,(H,32,36)(H,33,37,39). The molecule has 3 aromatic carbocycles. The van der Waals surface area contributed by atoms with E-state index in [-0.39, 0.29) is 17.2 Å². The lowest BCUT2D eigenvalue weighted by molar-refractivity contribution is -0.122. The van der Waals surface area contributed by atoms with Gasteiger partial charge < -0.3 is 14.6 Å². The van der Waals surface area contributed by atoms with Crippen LogP contribution in [0.25, 0.3) is 17.0 Å². The van der Waals surface area contributed by atoms with Crippen molar-refractivity contribution in [3.05, 3.63) is 95.4 Å². The van der Waals surface area contributed by atoms with Gasteiger partial charge in [0.2, 0.25) is 5.91 Å². The number of imide groups is 2. The number of anilines is 2. The SMILES string of the molecule is CC(=O)Nc1ccc(OCCn2c(C)c(C=C3C(=O)NC(=O)N(c4ccc(F)cc4)C3=O)c3ccccc32)cc1. The van der Waals surface area contributed by atoms with E-state index in [1.165, 1.54) is 25.1 Å². The summed E-state index contributed by atoms with van der Waals surface area (Å²) in [7, 11) is 0. The van der Waals surface area contributed by atoms with Crippen LogP contribution in [0.5, 0.6) is 5.75 Å². The molecule has 0 bridgehead atoms. The van der Waals surface area contributed by atoms with Gasteiger partial charge in [-0.3, -0.25) is 19.7 Å². The van der Waals surface area contributed by atoms with E-state index in [2.05, 4.69) is 10.6 Å². The molecule has 1 aromatic heterocycles. The quantitative estimate of drug-likeness (QED) is 0.259. The summed E-state index contributed by atoms with van der Waals surface area (Å²) >= 11 is 0. The van der Waals surface area contributed by atoms with Crippen LogP contribution in [-0.2, 0) is 20.9 Å². The number of nitrogens with zero attached hydrogens (tertiary/aromatic N) is 2. The Morgan fingerprint density at radius 3 is 2.40 bits per heavy atom. The number of fused-ring (bicyclic) bond motifs is 1. The van der Waals surface area contributed by atoms with Gasteiger partial charge in [-0.1, -0.05) is 18.2 Å². The van der Waals surface area contributed by atoms with Crippen LogP contribution < -0.4 is 20.3 Å². The van der Waals surface area contributed by atoms with E-state index in [1.54, 1.807) is 24.3 Å². The predicted octanol–water partition coefficient (Wildman–Crippen LogP) is 4.79. The predicted molar refractivity (Wildman–Crippen MR) is 148 cm³/mol. The molecule has 1 aliphatic rings. The Morgan fingerprint density at radius 1 is 1.00 bits per heavy atom. The van der Waals surface area contributed by atoms with E-state index in [1.807, 2.05) is 35.8 Å².